The highest BCUT2D eigenvalue weighted by molar-refractivity contribution is 5.95. The number of carbonyl (C=O) groups is 1. The molecule has 0 radical (unpaired) electrons. The Morgan fingerprint density at radius 3 is 2.75 bits per heavy atom. The zero-order chi connectivity index (χ0) is 19.7. The summed E-state index contributed by atoms with van der Waals surface area (Å²) in [5.41, 5.74) is 3.51. The predicted molar refractivity (Wildman–Crippen MR) is 107 cm³/mol. The van der Waals surface area contributed by atoms with Crippen LogP contribution in [0.2, 0.25) is 0 Å². The van der Waals surface area contributed by atoms with Crippen LogP contribution in [-0.4, -0.2) is 23.9 Å². The van der Waals surface area contributed by atoms with E-state index in [9.17, 15) is 9.18 Å². The van der Waals surface area contributed by atoms with Gasteiger partial charge in [0.15, 0.2) is 0 Å². The van der Waals surface area contributed by atoms with Crippen molar-refractivity contribution in [1.82, 2.24) is 4.90 Å². The Balaban J connectivity index is 1.53. The van der Waals surface area contributed by atoms with Gasteiger partial charge >= 0.3 is 0 Å². The molecule has 1 atom stereocenters. The summed E-state index contributed by atoms with van der Waals surface area (Å²) in [4.78, 5) is 16.8. The van der Waals surface area contributed by atoms with Gasteiger partial charge in [0, 0.05) is 30.9 Å². The molecule has 1 unspecified atom stereocenters. The predicted octanol–water partition coefficient (Wildman–Crippen LogP) is 4.64. The Hall–Kier alpha value is -3.08. The lowest BCUT2D eigenvalue weighted by Gasteiger charge is -2.25. The summed E-state index contributed by atoms with van der Waals surface area (Å²) in [5.74, 6) is 0.151. The summed E-state index contributed by atoms with van der Waals surface area (Å²) in [7, 11) is 1.68. The molecule has 144 valence electrons. The fourth-order valence-corrected chi connectivity index (χ4v) is 3.84. The number of amides is 1. The molecule has 0 N–H and O–H groups in total. The standard InChI is InChI=1S/C23H23FN2O2/c1-16-13-17-7-4-6-10-21(17)26(16)15-22-19(11-12-28-22)23(27)25(2)14-18-8-3-5-9-20(18)24/h3-12,16H,13-15H2,1-2H3. The largest absolute Gasteiger partial charge is 0.467 e. The first-order valence-electron chi connectivity index (χ1n) is 9.44. The van der Waals surface area contributed by atoms with Crippen molar-refractivity contribution in [3.8, 4) is 0 Å². The molecule has 1 aliphatic heterocycles. The number of rotatable bonds is 5. The molecule has 0 spiro atoms. The molecule has 0 aliphatic carbocycles. The first-order chi connectivity index (χ1) is 13.5. The first-order valence-corrected chi connectivity index (χ1v) is 9.44. The van der Waals surface area contributed by atoms with E-state index in [2.05, 4.69) is 30.0 Å². The molecule has 0 bridgehead atoms. The Labute approximate surface area is 164 Å². The van der Waals surface area contributed by atoms with E-state index in [0.717, 1.165) is 6.42 Å². The lowest BCUT2D eigenvalue weighted by Crippen LogP contribution is -2.31. The summed E-state index contributed by atoms with van der Waals surface area (Å²) < 4.78 is 19.6. The summed E-state index contributed by atoms with van der Waals surface area (Å²) in [5, 5.41) is 0. The Morgan fingerprint density at radius 1 is 1.18 bits per heavy atom. The molecule has 3 aromatic rings. The van der Waals surface area contributed by atoms with Gasteiger partial charge in [-0.15, -0.1) is 0 Å². The van der Waals surface area contributed by atoms with Crippen molar-refractivity contribution < 1.29 is 13.6 Å². The fourth-order valence-electron chi connectivity index (χ4n) is 3.84. The number of fused-ring (bicyclic) bond motifs is 1. The molecule has 4 rings (SSSR count). The topological polar surface area (TPSA) is 36.7 Å². The van der Waals surface area contributed by atoms with Gasteiger partial charge in [0.05, 0.1) is 18.4 Å². The third-order valence-corrected chi connectivity index (χ3v) is 5.35. The minimum Gasteiger partial charge on any atom is -0.467 e. The van der Waals surface area contributed by atoms with Gasteiger partial charge in [-0.1, -0.05) is 36.4 Å². The number of hydrogen-bond donors (Lipinski definition) is 0. The van der Waals surface area contributed by atoms with Crippen molar-refractivity contribution in [2.45, 2.75) is 32.5 Å². The summed E-state index contributed by atoms with van der Waals surface area (Å²) in [6, 6.07) is 16.9. The van der Waals surface area contributed by atoms with Crippen LogP contribution in [0.1, 0.15) is 34.2 Å². The Morgan fingerprint density at radius 2 is 1.93 bits per heavy atom. The number of benzene rings is 2. The van der Waals surface area contributed by atoms with Gasteiger partial charge in [-0.3, -0.25) is 4.79 Å². The third kappa shape index (κ3) is 3.40. The van der Waals surface area contributed by atoms with Crippen molar-refractivity contribution in [2.75, 3.05) is 11.9 Å². The minimum atomic E-state index is -0.308. The van der Waals surface area contributed by atoms with Gasteiger partial charge in [-0.05, 0) is 37.1 Å². The smallest absolute Gasteiger partial charge is 0.257 e. The van der Waals surface area contributed by atoms with Gasteiger partial charge in [-0.2, -0.15) is 0 Å². The quantitative estimate of drug-likeness (QED) is 0.649. The normalized spacial score (nSPS) is 15.5. The summed E-state index contributed by atoms with van der Waals surface area (Å²) in [6.45, 7) is 2.91. The van der Waals surface area contributed by atoms with Crippen LogP contribution in [0.5, 0.6) is 0 Å². The van der Waals surface area contributed by atoms with Gasteiger partial charge in [0.2, 0.25) is 0 Å². The monoisotopic (exact) mass is 378 g/mol. The molecule has 2 heterocycles. The van der Waals surface area contributed by atoms with E-state index in [1.807, 2.05) is 6.07 Å². The lowest BCUT2D eigenvalue weighted by molar-refractivity contribution is 0.0781. The zero-order valence-corrected chi connectivity index (χ0v) is 16.1. The van der Waals surface area contributed by atoms with Gasteiger partial charge in [0.1, 0.15) is 11.6 Å². The maximum Gasteiger partial charge on any atom is 0.257 e. The Kier molecular flexibility index (Phi) is 4.90. The van der Waals surface area contributed by atoms with Gasteiger partial charge < -0.3 is 14.2 Å². The molecular formula is C23H23FN2O2. The van der Waals surface area contributed by atoms with E-state index < -0.39 is 0 Å². The maximum atomic E-state index is 13.9. The number of anilines is 1. The molecule has 0 saturated heterocycles. The maximum absolute atomic E-state index is 13.9. The molecule has 2 aromatic carbocycles. The van der Waals surface area contributed by atoms with Crippen LogP contribution in [0.25, 0.3) is 0 Å². The van der Waals surface area contributed by atoms with E-state index in [0.29, 0.717) is 29.5 Å². The van der Waals surface area contributed by atoms with Crippen molar-refractivity contribution in [3.63, 3.8) is 0 Å². The van der Waals surface area contributed by atoms with Crippen LogP contribution in [0.3, 0.4) is 0 Å². The van der Waals surface area contributed by atoms with Crippen LogP contribution in [0, 0.1) is 5.82 Å². The second-order valence-corrected chi connectivity index (χ2v) is 7.32. The van der Waals surface area contributed by atoms with Crippen LogP contribution in [0.4, 0.5) is 10.1 Å². The highest BCUT2D eigenvalue weighted by atomic mass is 19.1. The van der Waals surface area contributed by atoms with Crippen LogP contribution >= 0.6 is 0 Å². The molecular weight excluding hydrogens is 355 g/mol. The molecule has 28 heavy (non-hydrogen) atoms. The second-order valence-electron chi connectivity index (χ2n) is 7.32. The number of halogens is 1. The molecule has 1 amide bonds. The van der Waals surface area contributed by atoms with E-state index >= 15 is 0 Å². The molecule has 4 nitrogen and oxygen atoms in total. The second kappa shape index (κ2) is 7.50. The lowest BCUT2D eigenvalue weighted by atomic mass is 10.1. The van der Waals surface area contributed by atoms with Crippen molar-refractivity contribution in [3.05, 3.63) is 89.1 Å². The fraction of sp³-hybridized carbons (Fsp3) is 0.261. The van der Waals surface area contributed by atoms with Gasteiger partial charge in [-0.25, -0.2) is 4.39 Å². The van der Waals surface area contributed by atoms with Crippen LogP contribution in [-0.2, 0) is 19.5 Å². The number of hydrogen-bond acceptors (Lipinski definition) is 3. The first kappa shape index (κ1) is 18.3. The summed E-state index contributed by atoms with van der Waals surface area (Å²) in [6.07, 6.45) is 2.53. The average Bonchev–Trinajstić information content (AvgIpc) is 3.28. The van der Waals surface area contributed by atoms with Gasteiger partial charge in [0.25, 0.3) is 5.91 Å². The number of nitrogens with zero attached hydrogens (tertiary/aromatic N) is 2. The third-order valence-electron chi connectivity index (χ3n) is 5.35. The van der Waals surface area contributed by atoms with Crippen molar-refractivity contribution in [1.29, 1.82) is 0 Å². The highest BCUT2D eigenvalue weighted by Crippen LogP contribution is 2.33. The minimum absolute atomic E-state index is 0.174. The zero-order valence-electron chi connectivity index (χ0n) is 16.1. The van der Waals surface area contributed by atoms with Crippen molar-refractivity contribution >= 4 is 11.6 Å². The molecule has 0 fully saturated rings. The highest BCUT2D eigenvalue weighted by Gasteiger charge is 2.28. The molecule has 5 heteroatoms. The molecule has 0 saturated carbocycles. The number of carbonyl (C=O) groups excluding carboxylic acids is 1. The van der Waals surface area contributed by atoms with Crippen molar-refractivity contribution in [2.24, 2.45) is 0 Å². The molecule has 1 aromatic heterocycles. The summed E-state index contributed by atoms with van der Waals surface area (Å²) >= 11 is 0. The van der Waals surface area contributed by atoms with E-state index in [1.165, 1.54) is 22.2 Å². The number of furan rings is 1. The molecule has 1 aliphatic rings. The average molecular weight is 378 g/mol. The van der Waals surface area contributed by atoms with Crippen LogP contribution < -0.4 is 4.90 Å². The van der Waals surface area contributed by atoms with E-state index in [-0.39, 0.29) is 18.3 Å². The van der Waals surface area contributed by atoms with E-state index in [1.54, 1.807) is 37.6 Å². The van der Waals surface area contributed by atoms with Crippen LogP contribution in [0.15, 0.2) is 65.3 Å². The SMILES string of the molecule is CC1Cc2ccccc2N1Cc1occc1C(=O)N(C)Cc1ccccc1F. The Bertz CT molecular complexity index is 998. The number of para-hydroxylation sites is 1. The van der Waals surface area contributed by atoms with E-state index in [4.69, 9.17) is 4.42 Å².